The molecule has 136 valence electrons. The van der Waals surface area contributed by atoms with Crippen molar-refractivity contribution < 1.29 is 23.4 Å². The first-order chi connectivity index (χ1) is 12.7. The molecule has 7 heteroatoms. The van der Waals surface area contributed by atoms with Crippen LogP contribution in [-0.2, 0) is 4.74 Å². The summed E-state index contributed by atoms with van der Waals surface area (Å²) in [5, 5.41) is 2.70. The molecule has 0 fully saturated rings. The molecule has 0 N–H and O–H groups in total. The number of esters is 1. The number of nitrogens with zero attached hydrogens (tertiary/aromatic N) is 1. The van der Waals surface area contributed by atoms with Crippen LogP contribution in [0.1, 0.15) is 24.4 Å². The van der Waals surface area contributed by atoms with Crippen molar-refractivity contribution in [3.63, 3.8) is 0 Å². The maximum absolute atomic E-state index is 11.5. The van der Waals surface area contributed by atoms with Crippen LogP contribution in [0.3, 0.4) is 0 Å². The molecule has 0 spiro atoms. The summed E-state index contributed by atoms with van der Waals surface area (Å²) in [5.41, 5.74) is 1.58. The number of carbonyl (C=O) groups excluding carboxylic acids is 1. The van der Waals surface area contributed by atoms with E-state index in [0.29, 0.717) is 36.2 Å². The lowest BCUT2D eigenvalue weighted by molar-refractivity contribution is 0.0566. The summed E-state index contributed by atoms with van der Waals surface area (Å²) in [4.78, 5) is 16.1. The molecule has 0 atom stereocenters. The van der Waals surface area contributed by atoms with Crippen LogP contribution in [0.2, 0.25) is 0 Å². The zero-order chi connectivity index (χ0) is 18.5. The van der Waals surface area contributed by atoms with Crippen molar-refractivity contribution in [1.29, 1.82) is 0 Å². The Morgan fingerprint density at radius 2 is 1.88 bits per heavy atom. The molecule has 1 aromatic carbocycles. The maximum Gasteiger partial charge on any atom is 0.373 e. The standard InChI is InChI=1S/C19H19NO5S/c1-4-23-15-7-6-12(10-17(15)24-5-2)18-20-13(11-26-18)14-8-9-16(25-14)19(21)22-3/h6-11H,4-5H2,1-3H3. The smallest absolute Gasteiger partial charge is 0.373 e. The van der Waals surface area contributed by atoms with Crippen molar-refractivity contribution in [3.8, 4) is 33.5 Å². The van der Waals surface area contributed by atoms with Crippen LogP contribution < -0.4 is 9.47 Å². The molecule has 26 heavy (non-hydrogen) atoms. The van der Waals surface area contributed by atoms with E-state index in [-0.39, 0.29) is 5.76 Å². The monoisotopic (exact) mass is 373 g/mol. The molecule has 0 saturated heterocycles. The average Bonchev–Trinajstić information content (AvgIpc) is 3.32. The first-order valence-corrected chi connectivity index (χ1v) is 9.08. The Kier molecular flexibility index (Phi) is 5.58. The number of carbonyl (C=O) groups is 1. The van der Waals surface area contributed by atoms with Gasteiger partial charge >= 0.3 is 5.97 Å². The Morgan fingerprint density at radius 3 is 2.62 bits per heavy atom. The SMILES string of the molecule is CCOc1ccc(-c2nc(-c3ccc(C(=O)OC)o3)cs2)cc1OCC. The highest BCUT2D eigenvalue weighted by atomic mass is 32.1. The highest BCUT2D eigenvalue weighted by molar-refractivity contribution is 7.13. The molecule has 0 aliphatic rings. The van der Waals surface area contributed by atoms with Crippen LogP contribution in [0.25, 0.3) is 22.0 Å². The molecule has 2 aromatic heterocycles. The first-order valence-electron chi connectivity index (χ1n) is 8.20. The normalized spacial score (nSPS) is 10.6. The van der Waals surface area contributed by atoms with Crippen LogP contribution in [0.4, 0.5) is 0 Å². The Morgan fingerprint density at radius 1 is 1.12 bits per heavy atom. The molecule has 0 saturated carbocycles. The van der Waals surface area contributed by atoms with Gasteiger partial charge in [-0.3, -0.25) is 0 Å². The number of furan rings is 1. The lowest BCUT2D eigenvalue weighted by Crippen LogP contribution is -1.98. The summed E-state index contributed by atoms with van der Waals surface area (Å²) in [6, 6.07) is 9.02. The fourth-order valence-electron chi connectivity index (χ4n) is 2.39. The second kappa shape index (κ2) is 8.05. The number of hydrogen-bond acceptors (Lipinski definition) is 7. The minimum Gasteiger partial charge on any atom is -0.490 e. The molecule has 0 aliphatic carbocycles. The van der Waals surface area contributed by atoms with Crippen molar-refractivity contribution in [2.24, 2.45) is 0 Å². The van der Waals surface area contributed by atoms with Crippen molar-refractivity contribution >= 4 is 17.3 Å². The molecular weight excluding hydrogens is 354 g/mol. The number of methoxy groups -OCH3 is 1. The van der Waals surface area contributed by atoms with E-state index in [1.165, 1.54) is 18.4 Å². The van der Waals surface area contributed by atoms with Crippen LogP contribution in [0.15, 0.2) is 40.1 Å². The van der Waals surface area contributed by atoms with Crippen molar-refractivity contribution in [2.75, 3.05) is 20.3 Å². The van der Waals surface area contributed by atoms with Gasteiger partial charge in [-0.05, 0) is 44.2 Å². The van der Waals surface area contributed by atoms with Gasteiger partial charge in [-0.1, -0.05) is 0 Å². The fourth-order valence-corrected chi connectivity index (χ4v) is 3.20. The molecule has 0 aliphatic heterocycles. The number of rotatable bonds is 7. The van der Waals surface area contributed by atoms with Gasteiger partial charge in [-0.2, -0.15) is 0 Å². The third-order valence-electron chi connectivity index (χ3n) is 3.54. The van der Waals surface area contributed by atoms with Gasteiger partial charge in [0.05, 0.1) is 20.3 Å². The predicted octanol–water partition coefficient (Wildman–Crippen LogP) is 4.65. The summed E-state index contributed by atoms with van der Waals surface area (Å²) >= 11 is 1.48. The zero-order valence-electron chi connectivity index (χ0n) is 14.8. The summed E-state index contributed by atoms with van der Waals surface area (Å²) in [7, 11) is 1.31. The summed E-state index contributed by atoms with van der Waals surface area (Å²) < 4.78 is 21.4. The highest BCUT2D eigenvalue weighted by Gasteiger charge is 2.16. The highest BCUT2D eigenvalue weighted by Crippen LogP contribution is 2.35. The van der Waals surface area contributed by atoms with E-state index in [9.17, 15) is 4.79 Å². The molecule has 0 bridgehead atoms. The minimum absolute atomic E-state index is 0.150. The molecule has 3 rings (SSSR count). The third kappa shape index (κ3) is 3.72. The van der Waals surface area contributed by atoms with Gasteiger partial charge in [0.15, 0.2) is 17.3 Å². The largest absolute Gasteiger partial charge is 0.490 e. The Balaban J connectivity index is 1.88. The van der Waals surface area contributed by atoms with E-state index in [2.05, 4.69) is 9.72 Å². The molecule has 2 heterocycles. The van der Waals surface area contributed by atoms with Crippen molar-refractivity contribution in [2.45, 2.75) is 13.8 Å². The van der Waals surface area contributed by atoms with E-state index in [4.69, 9.17) is 13.9 Å². The predicted molar refractivity (Wildman–Crippen MR) is 98.9 cm³/mol. The maximum atomic E-state index is 11.5. The Hall–Kier alpha value is -2.80. The summed E-state index contributed by atoms with van der Waals surface area (Å²) in [6.07, 6.45) is 0. The van der Waals surface area contributed by atoms with Gasteiger partial charge in [-0.15, -0.1) is 11.3 Å². The number of ether oxygens (including phenoxy) is 3. The summed E-state index contributed by atoms with van der Waals surface area (Å²) in [5.74, 6) is 1.55. The van der Waals surface area contributed by atoms with Gasteiger partial charge in [-0.25, -0.2) is 9.78 Å². The first kappa shape index (κ1) is 18.0. The number of thiazole rings is 1. The number of hydrogen-bond donors (Lipinski definition) is 0. The topological polar surface area (TPSA) is 70.8 Å². The van der Waals surface area contributed by atoms with Gasteiger partial charge in [0.25, 0.3) is 0 Å². The van der Waals surface area contributed by atoms with Crippen LogP contribution in [0.5, 0.6) is 11.5 Å². The lowest BCUT2D eigenvalue weighted by Gasteiger charge is -2.11. The minimum atomic E-state index is -0.514. The Bertz CT molecular complexity index is 899. The van der Waals surface area contributed by atoms with E-state index in [1.54, 1.807) is 12.1 Å². The van der Waals surface area contributed by atoms with Gasteiger partial charge in [0.1, 0.15) is 10.7 Å². The molecule has 6 nitrogen and oxygen atoms in total. The number of benzene rings is 1. The van der Waals surface area contributed by atoms with Crippen molar-refractivity contribution in [3.05, 3.63) is 41.5 Å². The fraction of sp³-hybridized carbons (Fsp3) is 0.263. The lowest BCUT2D eigenvalue weighted by atomic mass is 10.2. The van der Waals surface area contributed by atoms with E-state index < -0.39 is 5.97 Å². The van der Waals surface area contributed by atoms with Gasteiger partial charge < -0.3 is 18.6 Å². The van der Waals surface area contributed by atoms with Gasteiger partial charge in [0, 0.05) is 10.9 Å². The van der Waals surface area contributed by atoms with Gasteiger partial charge in [0.2, 0.25) is 5.76 Å². The molecule has 0 unspecified atom stereocenters. The van der Waals surface area contributed by atoms with E-state index in [1.807, 2.05) is 37.4 Å². The second-order valence-electron chi connectivity index (χ2n) is 5.22. The van der Waals surface area contributed by atoms with Crippen LogP contribution in [-0.4, -0.2) is 31.3 Å². The summed E-state index contributed by atoms with van der Waals surface area (Å²) in [6.45, 7) is 4.99. The van der Waals surface area contributed by atoms with Crippen LogP contribution in [0, 0.1) is 0 Å². The third-order valence-corrected chi connectivity index (χ3v) is 4.43. The zero-order valence-corrected chi connectivity index (χ0v) is 15.6. The van der Waals surface area contributed by atoms with Crippen molar-refractivity contribution in [1.82, 2.24) is 4.98 Å². The molecular formula is C19H19NO5S. The molecule has 0 amide bonds. The molecule has 3 aromatic rings. The van der Waals surface area contributed by atoms with E-state index >= 15 is 0 Å². The average molecular weight is 373 g/mol. The molecule has 0 radical (unpaired) electrons. The van der Waals surface area contributed by atoms with E-state index in [0.717, 1.165) is 10.6 Å². The quantitative estimate of drug-likeness (QED) is 0.561. The second-order valence-corrected chi connectivity index (χ2v) is 6.08. The number of aromatic nitrogens is 1. The Labute approximate surface area is 155 Å². The van der Waals surface area contributed by atoms with Crippen LogP contribution >= 0.6 is 11.3 Å².